The molecule has 0 amide bonds. The Balaban J connectivity index is 4.45. The van der Waals surface area contributed by atoms with Crippen LogP contribution in [-0.4, -0.2) is 58.8 Å². The second kappa shape index (κ2) is 27.4. The quantitative estimate of drug-likeness (QED) is 0.0442. The molecule has 0 aromatic carbocycles. The zero-order valence-electron chi connectivity index (χ0n) is 29.0. The van der Waals surface area contributed by atoms with E-state index in [1.165, 1.54) is 83.5 Å². The molecule has 258 valence electrons. The summed E-state index contributed by atoms with van der Waals surface area (Å²) in [6, 6.07) is 0. The van der Waals surface area contributed by atoms with Gasteiger partial charge in [-0.2, -0.15) is 0 Å². The van der Waals surface area contributed by atoms with Gasteiger partial charge in [0, 0.05) is 31.1 Å². The van der Waals surface area contributed by atoms with Crippen molar-refractivity contribution < 1.29 is 34.2 Å². The predicted octanol–water partition coefficient (Wildman–Crippen LogP) is 8.40. The van der Waals surface area contributed by atoms with Gasteiger partial charge in [0.1, 0.15) is 0 Å². The van der Waals surface area contributed by atoms with Crippen molar-refractivity contribution >= 4 is 17.9 Å². The lowest BCUT2D eigenvalue weighted by molar-refractivity contribution is -0.929. The van der Waals surface area contributed by atoms with E-state index in [-0.39, 0.29) is 0 Å². The number of carbonyl (C=O) groups excluding carboxylic acids is 1. The third-order valence-corrected chi connectivity index (χ3v) is 9.50. The molecule has 0 aliphatic heterocycles. The van der Waals surface area contributed by atoms with Crippen LogP contribution in [0.4, 0.5) is 0 Å². The minimum Gasteiger partial charge on any atom is -0.550 e. The van der Waals surface area contributed by atoms with Crippen LogP contribution in [0.3, 0.4) is 0 Å². The summed E-state index contributed by atoms with van der Waals surface area (Å²) in [6.45, 7) is 9.93. The van der Waals surface area contributed by atoms with E-state index < -0.39 is 35.7 Å². The summed E-state index contributed by atoms with van der Waals surface area (Å²) in [4.78, 5) is 34.4. The third kappa shape index (κ3) is 23.5. The van der Waals surface area contributed by atoms with E-state index in [1.54, 1.807) is 20.8 Å². The first-order valence-electron chi connectivity index (χ1n) is 18.2. The van der Waals surface area contributed by atoms with Crippen molar-refractivity contribution in [1.82, 2.24) is 0 Å². The van der Waals surface area contributed by atoms with Gasteiger partial charge in [0.25, 0.3) is 0 Å². The number of hydrogen-bond donors (Lipinski definition) is 2. The summed E-state index contributed by atoms with van der Waals surface area (Å²) in [5, 5.41) is 30.3. The molecule has 0 fully saturated rings. The number of aliphatic carboxylic acids is 3. The SMILES string of the molecule is CCCCCCCCCCCCCCC/C=C/CCCCC[N+](CCC(C)C(=O)[O-])(CCC(C)C(=O)O)CCC(C)C(=O)O. The van der Waals surface area contributed by atoms with E-state index in [4.69, 9.17) is 0 Å². The molecular formula is C37H69NO6. The highest BCUT2D eigenvalue weighted by atomic mass is 16.4. The maximum Gasteiger partial charge on any atom is 0.306 e. The highest BCUT2D eigenvalue weighted by Gasteiger charge is 2.30. The van der Waals surface area contributed by atoms with E-state index >= 15 is 0 Å². The summed E-state index contributed by atoms with van der Waals surface area (Å²) in [6.07, 6.45) is 29.2. The first-order valence-corrected chi connectivity index (χ1v) is 18.2. The Morgan fingerprint density at radius 1 is 0.545 bits per heavy atom. The van der Waals surface area contributed by atoms with Crippen LogP contribution in [-0.2, 0) is 14.4 Å². The molecule has 0 rings (SSSR count). The van der Waals surface area contributed by atoms with Gasteiger partial charge in [-0.3, -0.25) is 9.59 Å². The molecule has 0 heterocycles. The molecule has 7 heteroatoms. The average molecular weight is 624 g/mol. The number of carboxylic acid groups (broad SMARTS) is 3. The molecular weight excluding hydrogens is 554 g/mol. The molecule has 3 unspecified atom stereocenters. The number of quaternary nitrogens is 1. The van der Waals surface area contributed by atoms with Gasteiger partial charge >= 0.3 is 11.9 Å². The Labute approximate surface area is 270 Å². The van der Waals surface area contributed by atoms with Crippen molar-refractivity contribution in [1.29, 1.82) is 0 Å². The van der Waals surface area contributed by atoms with Crippen molar-refractivity contribution in [2.45, 2.75) is 163 Å². The molecule has 0 aromatic rings. The minimum absolute atomic E-state index is 0.438. The molecule has 0 radical (unpaired) electrons. The molecule has 0 saturated carbocycles. The predicted molar refractivity (Wildman–Crippen MR) is 179 cm³/mol. The zero-order chi connectivity index (χ0) is 33.1. The highest BCUT2D eigenvalue weighted by molar-refractivity contribution is 5.69. The van der Waals surface area contributed by atoms with Crippen molar-refractivity contribution in [3.8, 4) is 0 Å². The number of carbonyl (C=O) groups is 3. The van der Waals surface area contributed by atoms with Gasteiger partial charge in [0.15, 0.2) is 0 Å². The molecule has 3 atom stereocenters. The van der Waals surface area contributed by atoms with E-state index in [9.17, 15) is 29.7 Å². The number of unbranched alkanes of at least 4 members (excludes halogenated alkanes) is 16. The van der Waals surface area contributed by atoms with Crippen LogP contribution in [0.2, 0.25) is 0 Å². The lowest BCUT2D eigenvalue weighted by Gasteiger charge is -2.41. The first-order chi connectivity index (χ1) is 21.0. The Kier molecular flexibility index (Phi) is 26.2. The molecule has 0 aromatic heterocycles. The highest BCUT2D eigenvalue weighted by Crippen LogP contribution is 2.21. The summed E-state index contributed by atoms with van der Waals surface area (Å²) >= 11 is 0. The zero-order valence-corrected chi connectivity index (χ0v) is 29.0. The number of allylic oxidation sites excluding steroid dienone is 2. The topological polar surface area (TPSA) is 115 Å². The third-order valence-electron chi connectivity index (χ3n) is 9.50. The number of nitrogens with zero attached hydrogens (tertiary/aromatic N) is 1. The Morgan fingerprint density at radius 2 is 0.886 bits per heavy atom. The molecule has 0 bridgehead atoms. The van der Waals surface area contributed by atoms with Gasteiger partial charge in [-0.05, 0) is 38.5 Å². The number of rotatable bonds is 32. The largest absolute Gasteiger partial charge is 0.550 e. The number of carboxylic acids is 3. The minimum atomic E-state index is -1.08. The summed E-state index contributed by atoms with van der Waals surface area (Å²) < 4.78 is 0.571. The maximum atomic E-state index is 11.5. The van der Waals surface area contributed by atoms with Crippen LogP contribution < -0.4 is 5.11 Å². The van der Waals surface area contributed by atoms with Crippen molar-refractivity contribution in [3.05, 3.63) is 12.2 Å². The molecule has 0 spiro atoms. The lowest BCUT2D eigenvalue weighted by atomic mass is 10.0. The fraction of sp³-hybridized carbons (Fsp3) is 0.865. The molecule has 2 N–H and O–H groups in total. The number of hydrogen-bond acceptors (Lipinski definition) is 4. The normalized spacial score (nSPS) is 15.2. The maximum absolute atomic E-state index is 11.5. The second-order valence-electron chi connectivity index (χ2n) is 13.7. The van der Waals surface area contributed by atoms with Crippen LogP contribution in [0.25, 0.3) is 0 Å². The molecule has 0 aliphatic rings. The second-order valence-corrected chi connectivity index (χ2v) is 13.7. The Hall–Kier alpha value is -1.89. The van der Waals surface area contributed by atoms with E-state index in [2.05, 4.69) is 19.1 Å². The molecule has 0 saturated heterocycles. The fourth-order valence-electron chi connectivity index (χ4n) is 5.84. The Morgan fingerprint density at radius 3 is 1.25 bits per heavy atom. The van der Waals surface area contributed by atoms with Crippen LogP contribution in [0.5, 0.6) is 0 Å². The lowest BCUT2D eigenvalue weighted by Crippen LogP contribution is -2.52. The summed E-state index contributed by atoms with van der Waals surface area (Å²) in [5.74, 6) is -4.34. The summed E-state index contributed by atoms with van der Waals surface area (Å²) in [7, 11) is 0. The fourth-order valence-corrected chi connectivity index (χ4v) is 5.84. The monoisotopic (exact) mass is 624 g/mol. The smallest absolute Gasteiger partial charge is 0.306 e. The van der Waals surface area contributed by atoms with E-state index in [0.29, 0.717) is 43.4 Å². The van der Waals surface area contributed by atoms with Crippen LogP contribution in [0, 0.1) is 17.8 Å². The first kappa shape index (κ1) is 42.1. The Bertz CT molecular complexity index is 707. The van der Waals surface area contributed by atoms with Crippen LogP contribution in [0.15, 0.2) is 12.2 Å². The van der Waals surface area contributed by atoms with Gasteiger partial charge in [0.2, 0.25) is 0 Å². The van der Waals surface area contributed by atoms with Gasteiger partial charge in [-0.25, -0.2) is 0 Å². The van der Waals surface area contributed by atoms with Gasteiger partial charge in [-0.15, -0.1) is 0 Å². The molecule has 44 heavy (non-hydrogen) atoms. The average Bonchev–Trinajstić information content (AvgIpc) is 2.99. The van der Waals surface area contributed by atoms with Crippen LogP contribution >= 0.6 is 0 Å². The van der Waals surface area contributed by atoms with E-state index in [0.717, 1.165) is 38.6 Å². The van der Waals surface area contributed by atoms with Gasteiger partial charge in [0.05, 0.1) is 38.0 Å². The van der Waals surface area contributed by atoms with Crippen molar-refractivity contribution in [2.24, 2.45) is 17.8 Å². The van der Waals surface area contributed by atoms with Crippen molar-refractivity contribution in [2.75, 3.05) is 26.2 Å². The molecule has 0 aliphatic carbocycles. The van der Waals surface area contributed by atoms with Gasteiger partial charge in [-0.1, -0.05) is 117 Å². The van der Waals surface area contributed by atoms with E-state index in [1.807, 2.05) is 0 Å². The summed E-state index contributed by atoms with van der Waals surface area (Å²) in [5.41, 5.74) is 0. The van der Waals surface area contributed by atoms with Crippen LogP contribution in [0.1, 0.15) is 163 Å². The van der Waals surface area contributed by atoms with Crippen molar-refractivity contribution in [3.63, 3.8) is 0 Å². The standard InChI is InChI=1S/C37H69NO6/c1-5-6-7-8-9-10-11-12-13-14-15-16-17-18-19-20-21-22-23-24-28-38(29-25-32(2)35(39)40,30-26-33(3)36(41)42)31-27-34(4)37(43)44/h19-20,32-34H,5-18,21-31H2,1-4H3,(H2-,39,40,41,42,43,44)/b20-19+. The molecule has 7 nitrogen and oxygen atoms in total. The van der Waals surface area contributed by atoms with Gasteiger partial charge < -0.3 is 24.6 Å².